The van der Waals surface area contributed by atoms with Crippen LogP contribution in [0.25, 0.3) is 0 Å². The van der Waals surface area contributed by atoms with Crippen LogP contribution < -0.4 is 20.7 Å². The van der Waals surface area contributed by atoms with Crippen LogP contribution in [-0.2, 0) is 6.18 Å². The van der Waals surface area contributed by atoms with Crippen LogP contribution in [0.5, 0.6) is 5.75 Å². The molecule has 0 aromatic heterocycles. The molecule has 2 aromatic carbocycles. The average molecular weight is 491 g/mol. The van der Waals surface area contributed by atoms with E-state index in [1.165, 1.54) is 17.7 Å². The molecule has 0 spiro atoms. The molecule has 2 rings (SSSR count). The zero-order valence-electron chi connectivity index (χ0n) is 20.8. The highest BCUT2D eigenvalue weighted by atomic mass is 19.4. The largest absolute Gasteiger partial charge is 0.494 e. The molecule has 0 bridgehead atoms. The summed E-state index contributed by atoms with van der Waals surface area (Å²) in [7, 11) is 0. The van der Waals surface area contributed by atoms with Gasteiger partial charge in [0.2, 0.25) is 0 Å². The number of alkyl halides is 3. The van der Waals surface area contributed by atoms with Gasteiger partial charge in [0.15, 0.2) is 0 Å². The standard InChI is InChI=1S/C27H37F3N4O/c1-4-22(5-2)34-26(6-3)20-9-12-24(13-10-20)35-17-7-14-32-15-16-33-23-11-8-21(19-31)25(18-23)27(28,29)30/h8-13,18,22,26,32-34H,4-7,14-17H2,1-3H3. The minimum absolute atomic E-state index is 0.338. The summed E-state index contributed by atoms with van der Waals surface area (Å²) in [6.45, 7) is 8.98. The molecule has 1 atom stereocenters. The van der Waals surface area contributed by atoms with Gasteiger partial charge in [0.05, 0.1) is 23.8 Å². The summed E-state index contributed by atoms with van der Waals surface area (Å²) in [6, 6.07) is 14.4. The Labute approximate surface area is 207 Å². The highest BCUT2D eigenvalue weighted by molar-refractivity contribution is 5.53. The molecule has 1 unspecified atom stereocenters. The number of nitrogens with one attached hydrogen (secondary N) is 3. The molecule has 0 radical (unpaired) electrons. The van der Waals surface area contributed by atoms with Gasteiger partial charge in [-0.25, -0.2) is 0 Å². The number of halogens is 3. The molecule has 0 aliphatic rings. The van der Waals surface area contributed by atoms with Gasteiger partial charge in [-0.3, -0.25) is 0 Å². The van der Waals surface area contributed by atoms with E-state index < -0.39 is 11.7 Å². The van der Waals surface area contributed by atoms with Crippen molar-refractivity contribution in [3.63, 3.8) is 0 Å². The summed E-state index contributed by atoms with van der Waals surface area (Å²) in [5, 5.41) is 18.8. The zero-order chi connectivity index (χ0) is 25.7. The lowest BCUT2D eigenvalue weighted by molar-refractivity contribution is -0.137. The fraction of sp³-hybridized carbons (Fsp3) is 0.519. The molecule has 192 valence electrons. The van der Waals surface area contributed by atoms with Crippen LogP contribution in [0.2, 0.25) is 0 Å². The fourth-order valence-corrected chi connectivity index (χ4v) is 3.85. The van der Waals surface area contributed by atoms with Crippen molar-refractivity contribution >= 4 is 5.69 Å². The zero-order valence-corrected chi connectivity index (χ0v) is 20.8. The van der Waals surface area contributed by atoms with Crippen molar-refractivity contribution in [2.75, 3.05) is 31.6 Å². The molecule has 0 aliphatic heterocycles. The lowest BCUT2D eigenvalue weighted by Crippen LogP contribution is -2.31. The first-order valence-corrected chi connectivity index (χ1v) is 12.4. The van der Waals surface area contributed by atoms with Crippen molar-refractivity contribution in [1.82, 2.24) is 10.6 Å². The van der Waals surface area contributed by atoms with Crippen LogP contribution in [0.4, 0.5) is 18.9 Å². The van der Waals surface area contributed by atoms with Gasteiger partial charge in [0.1, 0.15) is 5.75 Å². The normalized spacial score (nSPS) is 12.4. The minimum atomic E-state index is -4.55. The minimum Gasteiger partial charge on any atom is -0.494 e. The average Bonchev–Trinajstić information content (AvgIpc) is 2.86. The van der Waals surface area contributed by atoms with Crippen LogP contribution in [0.1, 0.15) is 69.2 Å². The Morgan fingerprint density at radius 2 is 1.66 bits per heavy atom. The monoisotopic (exact) mass is 490 g/mol. The molecule has 0 heterocycles. The third-order valence-corrected chi connectivity index (χ3v) is 5.96. The van der Waals surface area contributed by atoms with E-state index in [0.29, 0.717) is 37.5 Å². The van der Waals surface area contributed by atoms with Crippen LogP contribution in [0.15, 0.2) is 42.5 Å². The molecule has 0 fully saturated rings. The highest BCUT2D eigenvalue weighted by Gasteiger charge is 2.33. The molecular formula is C27H37F3N4O. The summed E-state index contributed by atoms with van der Waals surface area (Å²) in [6.07, 6.45) is -0.473. The van der Waals surface area contributed by atoms with Crippen molar-refractivity contribution in [3.8, 4) is 11.8 Å². The quantitative estimate of drug-likeness (QED) is 0.257. The van der Waals surface area contributed by atoms with Crippen molar-refractivity contribution in [1.29, 1.82) is 5.26 Å². The summed E-state index contributed by atoms with van der Waals surface area (Å²) < 4.78 is 44.9. The first kappa shape index (κ1) is 28.5. The molecule has 0 saturated carbocycles. The van der Waals surface area contributed by atoms with Gasteiger partial charge in [0, 0.05) is 30.9 Å². The van der Waals surface area contributed by atoms with Gasteiger partial charge >= 0.3 is 6.18 Å². The maximum Gasteiger partial charge on any atom is 0.417 e. The molecule has 0 amide bonds. The van der Waals surface area contributed by atoms with Crippen LogP contribution in [-0.4, -0.2) is 32.3 Å². The van der Waals surface area contributed by atoms with E-state index in [-0.39, 0.29) is 5.56 Å². The molecule has 0 saturated heterocycles. The number of nitriles is 1. The maximum atomic E-state index is 13.0. The first-order valence-electron chi connectivity index (χ1n) is 12.4. The van der Waals surface area contributed by atoms with E-state index in [9.17, 15) is 13.2 Å². The van der Waals surface area contributed by atoms with E-state index >= 15 is 0 Å². The summed E-state index contributed by atoms with van der Waals surface area (Å²) >= 11 is 0. The van der Waals surface area contributed by atoms with Crippen molar-refractivity contribution in [3.05, 3.63) is 59.2 Å². The van der Waals surface area contributed by atoms with Crippen molar-refractivity contribution < 1.29 is 17.9 Å². The molecule has 3 N–H and O–H groups in total. The predicted molar refractivity (Wildman–Crippen MR) is 135 cm³/mol. The third kappa shape index (κ3) is 9.42. The number of hydrogen-bond donors (Lipinski definition) is 3. The smallest absolute Gasteiger partial charge is 0.417 e. The second-order valence-electron chi connectivity index (χ2n) is 8.46. The van der Waals surface area contributed by atoms with Crippen LogP contribution in [0.3, 0.4) is 0 Å². The number of anilines is 1. The third-order valence-electron chi connectivity index (χ3n) is 5.96. The van der Waals surface area contributed by atoms with Gasteiger partial charge in [-0.15, -0.1) is 0 Å². The molecule has 5 nitrogen and oxygen atoms in total. The van der Waals surface area contributed by atoms with E-state index in [1.54, 1.807) is 6.07 Å². The molecular weight excluding hydrogens is 453 g/mol. The lowest BCUT2D eigenvalue weighted by atomic mass is 10.0. The summed E-state index contributed by atoms with van der Waals surface area (Å²) in [5.74, 6) is 0.842. The van der Waals surface area contributed by atoms with Gasteiger partial charge in [-0.1, -0.05) is 32.9 Å². The highest BCUT2D eigenvalue weighted by Crippen LogP contribution is 2.33. The Balaban J connectivity index is 1.66. The van der Waals surface area contributed by atoms with Crippen molar-refractivity contribution in [2.45, 2.75) is 64.7 Å². The van der Waals surface area contributed by atoms with Crippen LogP contribution in [0, 0.1) is 11.3 Å². The predicted octanol–water partition coefficient (Wildman–Crippen LogP) is 6.28. The Bertz CT molecular complexity index is 922. The fourth-order valence-electron chi connectivity index (χ4n) is 3.85. The number of benzene rings is 2. The van der Waals surface area contributed by atoms with Gasteiger partial charge < -0.3 is 20.7 Å². The number of nitrogens with zero attached hydrogens (tertiary/aromatic N) is 1. The van der Waals surface area contributed by atoms with E-state index in [4.69, 9.17) is 10.00 Å². The Morgan fingerprint density at radius 1 is 0.943 bits per heavy atom. The summed E-state index contributed by atoms with van der Waals surface area (Å²) in [5.41, 5.74) is 0.311. The molecule has 2 aromatic rings. The molecule has 0 aliphatic carbocycles. The number of ether oxygens (including phenoxy) is 1. The first-order chi connectivity index (χ1) is 16.8. The Morgan fingerprint density at radius 3 is 2.26 bits per heavy atom. The van der Waals surface area contributed by atoms with E-state index in [2.05, 4.69) is 48.9 Å². The SMILES string of the molecule is CCC(CC)NC(CC)c1ccc(OCCCNCCNc2ccc(C#N)c(C(F)(F)F)c2)cc1. The topological polar surface area (TPSA) is 69.1 Å². The number of rotatable bonds is 15. The molecule has 35 heavy (non-hydrogen) atoms. The Hall–Kier alpha value is -2.76. The van der Waals surface area contributed by atoms with E-state index in [1.807, 2.05) is 12.1 Å². The Kier molecular flexibility index (Phi) is 11.9. The van der Waals surface area contributed by atoms with Gasteiger partial charge in [-0.2, -0.15) is 18.4 Å². The maximum absolute atomic E-state index is 13.0. The number of hydrogen-bond acceptors (Lipinski definition) is 5. The van der Waals surface area contributed by atoms with Gasteiger partial charge in [-0.05, 0) is 68.1 Å². The molecule has 8 heteroatoms. The van der Waals surface area contributed by atoms with Crippen LogP contribution >= 0.6 is 0 Å². The van der Waals surface area contributed by atoms with Crippen molar-refractivity contribution in [2.24, 2.45) is 0 Å². The van der Waals surface area contributed by atoms with Gasteiger partial charge in [0.25, 0.3) is 0 Å². The van der Waals surface area contributed by atoms with E-state index in [0.717, 1.165) is 44.0 Å². The lowest BCUT2D eigenvalue weighted by Gasteiger charge is -2.24. The second kappa shape index (κ2) is 14.6. The summed E-state index contributed by atoms with van der Waals surface area (Å²) in [4.78, 5) is 0. The second-order valence-corrected chi connectivity index (χ2v) is 8.46.